The molecule has 12 nitrogen and oxygen atoms in total. The highest BCUT2D eigenvalue weighted by Gasteiger charge is 2.34. The molecule has 0 atom stereocenters. The molecule has 0 saturated carbocycles. The van der Waals surface area contributed by atoms with Crippen LogP contribution in [0, 0.1) is 30.2 Å². The van der Waals surface area contributed by atoms with Gasteiger partial charge >= 0.3 is 12.4 Å². The highest BCUT2D eigenvalue weighted by Crippen LogP contribution is 2.36. The van der Waals surface area contributed by atoms with Gasteiger partial charge in [-0.2, -0.15) is 26.3 Å². The number of hydrogen-bond acceptors (Lipinski definition) is 10. The molecule has 0 spiro atoms. The van der Waals surface area contributed by atoms with Gasteiger partial charge in [-0.3, -0.25) is 19.2 Å². The van der Waals surface area contributed by atoms with Crippen molar-refractivity contribution >= 4 is 57.1 Å². The number of alkyl halides is 6. The first-order valence-corrected chi connectivity index (χ1v) is 31.1. The standard InChI is InChI=1S/C41H40F5N3O3S.C40H38F5N3O3S/c1-27-22-29(28-12-14-32(15-13-28)41(44,45)46)10-11-30(27)24-48(33-16-18-47(19-17-33)20-21-52-2)38(51)25-49-36-9-4-3-7-34(36)37(50)23-39(49)53-26-31-6-5-8-35(42)40(31)43;1-51-22-21-46-19-17-32(18-20-46)47(24-27-9-11-28(12-10-27)29-13-15-31(16-14-29)40(43,44)45)37(50)25-48-35-8-3-2-6-33(35)36(49)23-38(48)52-26-30-5-4-7-34(41)39(30)42/h3-15,22-23,33H,16-21,24-26H2,1-2H3;2-16,23,32H,17-22,24-26H2,1H3/i2D3,3D,4D,5D,6D,7D,8D,9D,10D,11D,12D,13D,14D,15D,16D2,17D2,18D2,19D2,20D2,22D,23D,25D2,26D2,33D;1D3,17D2,18D2,19D2,20D2,21D2,25D2,26D2,32D. The van der Waals surface area contributed by atoms with Crippen LogP contribution < -0.4 is 10.9 Å². The van der Waals surface area contributed by atoms with E-state index in [1.165, 1.54) is 24.3 Å². The number of para-hydroxylation sites is 2. The summed E-state index contributed by atoms with van der Waals surface area (Å²) in [4.78, 5) is 56.6. The van der Waals surface area contributed by atoms with Gasteiger partial charge in [-0.05, 0) is 132 Å². The number of methoxy groups -OCH3 is 2. The van der Waals surface area contributed by atoms with Crippen molar-refractivity contribution in [2.24, 2.45) is 0 Å². The van der Waals surface area contributed by atoms with Crippen LogP contribution in [0.15, 0.2) is 207 Å². The predicted octanol–water partition coefficient (Wildman–Crippen LogP) is 17.1. The van der Waals surface area contributed by atoms with E-state index in [1.54, 1.807) is 0 Å². The Morgan fingerprint density at radius 1 is 0.552 bits per heavy atom. The molecule has 4 heterocycles. The van der Waals surface area contributed by atoms with Gasteiger partial charge < -0.3 is 38.2 Å². The molecule has 2 amide bonds. The number of carbonyl (C=O) groups excluding carboxylic acids is 2. The van der Waals surface area contributed by atoms with Crippen LogP contribution in [0.4, 0.5) is 43.9 Å². The number of ether oxygens (including phenoxy) is 2. The number of piperidine rings is 2. The third-order valence-electron chi connectivity index (χ3n) is 14.3. The van der Waals surface area contributed by atoms with Crippen LogP contribution >= 0.6 is 23.5 Å². The van der Waals surface area contributed by atoms with E-state index < -0.39 is 392 Å². The second-order valence-corrected chi connectivity index (χ2v) is 22.6. The van der Waals surface area contributed by atoms with E-state index in [4.69, 9.17) is 50.7 Å². The summed E-state index contributed by atoms with van der Waals surface area (Å²) in [5, 5.41) is -4.50. The van der Waals surface area contributed by atoms with Gasteiger partial charge in [0.15, 0.2) is 34.1 Å². The lowest BCUT2D eigenvalue weighted by Gasteiger charge is -2.39. The van der Waals surface area contributed by atoms with Crippen LogP contribution in [-0.4, -0.2) is 119 Å². The monoisotopic (exact) mass is 1540 g/mol. The number of nitrogens with zero attached hydrogens (tertiary/aromatic N) is 6. The third-order valence-corrected chi connectivity index (χ3v) is 15.9. The zero-order valence-corrected chi connectivity index (χ0v) is 54.4. The zero-order chi connectivity index (χ0) is 120. The molecule has 2 aliphatic rings. The molecule has 2 aliphatic heterocycles. The molecule has 8 aromatic carbocycles. The minimum absolute atomic E-state index is 0.117. The second-order valence-electron chi connectivity index (χ2n) is 21.0. The number of pyridine rings is 2. The Bertz CT molecular complexity index is 7370. The van der Waals surface area contributed by atoms with Crippen LogP contribution in [0.25, 0.3) is 44.1 Å². The Kier molecular flexibility index (Phi) is 11.7. The summed E-state index contributed by atoms with van der Waals surface area (Å²) in [5.41, 5.74) is -22.6. The van der Waals surface area contributed by atoms with Gasteiger partial charge in [0.05, 0.1) is 82.4 Å². The fraction of sp³-hybridized carbons (Fsp3) is 0.309. The van der Waals surface area contributed by atoms with Gasteiger partial charge in [0.25, 0.3) is 0 Å². The maximum atomic E-state index is 16.0. The van der Waals surface area contributed by atoms with Crippen molar-refractivity contribution in [1.29, 1.82) is 0 Å². The molecule has 24 heteroatoms. The van der Waals surface area contributed by atoms with Crippen LogP contribution in [-0.2, 0) is 68.9 Å². The first kappa shape index (κ1) is 35.1. The molecular weight excluding hydrogens is 1410 g/mol. The molecule has 2 saturated heterocycles. The smallest absolute Gasteiger partial charge is 0.383 e. The van der Waals surface area contributed by atoms with Crippen molar-refractivity contribution in [1.82, 2.24) is 28.7 Å². The Hall–Kier alpha value is -9.04. The van der Waals surface area contributed by atoms with E-state index in [1.807, 2.05) is 0 Å². The fourth-order valence-corrected chi connectivity index (χ4v) is 10.7. The number of fused-ring (bicyclic) bond motifs is 2. The maximum Gasteiger partial charge on any atom is 0.416 e. The summed E-state index contributed by atoms with van der Waals surface area (Å²) >= 11 is -0.982. The van der Waals surface area contributed by atoms with E-state index in [0.29, 0.717) is 23.6 Å². The number of halogens is 10. The number of hydrogen-bond donors (Lipinski definition) is 0. The zero-order valence-electron chi connectivity index (χ0n) is 104. The Labute approximate surface area is 681 Å². The van der Waals surface area contributed by atoms with Crippen molar-refractivity contribution < 1.29 is 133 Å². The summed E-state index contributed by atoms with van der Waals surface area (Å²) in [5.74, 6) is -13.0. The van der Waals surface area contributed by atoms with Gasteiger partial charge in [0.2, 0.25) is 11.8 Å². The van der Waals surface area contributed by atoms with Gasteiger partial charge in [-0.1, -0.05) is 115 Å². The second kappa shape index (κ2) is 34.9. The third kappa shape index (κ3) is 19.3. The van der Waals surface area contributed by atoms with Crippen LogP contribution in [0.2, 0.25) is 0 Å². The molecule has 550 valence electrons. The Morgan fingerprint density at radius 2 is 1.11 bits per heavy atom. The average Bonchev–Trinajstić information content (AvgIpc) is 0.658. The first-order valence-electron chi connectivity index (χ1n) is 54.9. The molecular formula is C81H78F10N6O6S2. The summed E-state index contributed by atoms with van der Waals surface area (Å²) in [7, 11) is -7.02. The number of carbonyl (C=O) groups is 2. The minimum atomic E-state index is -5.57. The van der Waals surface area contributed by atoms with Crippen LogP contribution in [0.3, 0.4) is 0 Å². The molecule has 105 heavy (non-hydrogen) atoms. The highest BCUT2D eigenvalue weighted by molar-refractivity contribution is 7.98. The summed E-state index contributed by atoms with van der Waals surface area (Å²) in [6.07, 6.45) is -29.0. The van der Waals surface area contributed by atoms with Crippen molar-refractivity contribution in [2.75, 3.05) is 66.3 Å². The van der Waals surface area contributed by atoms with Gasteiger partial charge in [-0.15, -0.1) is 23.5 Å². The predicted molar refractivity (Wildman–Crippen MR) is 391 cm³/mol. The molecule has 0 unspecified atom stereocenters. The van der Waals surface area contributed by atoms with Crippen molar-refractivity contribution in [3.8, 4) is 22.3 Å². The summed E-state index contributed by atoms with van der Waals surface area (Å²) in [6, 6.07) is -16.8. The van der Waals surface area contributed by atoms with Gasteiger partial charge in [0, 0.05) is 156 Å². The van der Waals surface area contributed by atoms with E-state index >= 15 is 22.8 Å². The highest BCUT2D eigenvalue weighted by atomic mass is 32.2. The molecule has 0 N–H and O–H groups in total. The van der Waals surface area contributed by atoms with E-state index in [9.17, 15) is 59.5 Å². The Balaban J connectivity index is 0.000000300. The van der Waals surface area contributed by atoms with Crippen molar-refractivity contribution in [2.45, 2.75) is 104 Å². The molecule has 2 aromatic heterocycles. The minimum Gasteiger partial charge on any atom is -0.383 e. The fourth-order valence-electron chi connectivity index (χ4n) is 9.18. The van der Waals surface area contributed by atoms with Crippen LogP contribution in [0.1, 0.15) is 134 Å². The first-order chi connectivity index (χ1) is 70.3. The van der Waals surface area contributed by atoms with Gasteiger partial charge in [-0.25, -0.2) is 17.6 Å². The van der Waals surface area contributed by atoms with E-state index in [-0.39, 0.29) is 38.7 Å². The van der Waals surface area contributed by atoms with Gasteiger partial charge in [0.1, 0.15) is 13.0 Å². The lowest BCUT2D eigenvalue weighted by molar-refractivity contribution is -0.138. The molecule has 0 radical (unpaired) electrons. The number of likely N-dealkylation sites (tertiary alicyclic amines) is 2. The van der Waals surface area contributed by atoms with E-state index in [0.717, 1.165) is 60.7 Å². The molecule has 2 fully saturated rings. The van der Waals surface area contributed by atoms with Crippen molar-refractivity contribution in [3.05, 3.63) is 270 Å². The summed E-state index contributed by atoms with van der Waals surface area (Å²) < 4.78 is 596. The topological polar surface area (TPSA) is 110 Å². The Morgan fingerprint density at radius 3 is 1.74 bits per heavy atom. The lowest BCUT2D eigenvalue weighted by Crippen LogP contribution is -2.48. The normalized spacial score (nSPS) is 26.8. The number of rotatable bonds is 24. The van der Waals surface area contributed by atoms with Crippen LogP contribution in [0.5, 0.6) is 0 Å². The maximum absolute atomic E-state index is 16.0. The lowest BCUT2D eigenvalue weighted by atomic mass is 9.97. The quantitative estimate of drug-likeness (QED) is 0.0428. The number of amides is 2. The SMILES string of the molecule is [2H]C([2H])([2H])OCC([2H])([2H])N1C([2H])([2H])C([2H])([2H])C([2H])(N(Cc2ccc(-c3ccc(C(F)(F)F)cc3)cc2)C(=O)C([2H])([2H])n2c(SC([2H])([2H])c3cccc(F)c3F)cc(=O)c3ccccc32)C([2H])([2H])C1([2H])[2H].[2H]c1c([2H])c(F)c(F)c(C([2H])([2H])Sc2c([2H])c(=O)c3c([2H])c([2H])c([2H])c([2H])c3n2C([2H])([2H])C(=O)N(Cc2c([2H])c([2H])c(-c3c([2H])c([2H])c(C(F)(F)F)c([2H])c3[2H])c([2H])c2C)C2([2H])C([2H])([2H])C([2H])([2H])N(C([2H])([2H])COC([2H])([2H])[2H])C([2H])([2H])C2([2H])[2H])c1[2H]. The largest absolute Gasteiger partial charge is 0.416 e. The number of benzene rings is 8. The van der Waals surface area contributed by atoms with E-state index in [2.05, 4.69) is 9.47 Å². The summed E-state index contributed by atoms with van der Waals surface area (Å²) in [6.45, 7) is -41.3. The number of thioether (sulfide) groups is 2. The molecule has 12 rings (SSSR count). The molecule has 10 aromatic rings. The molecule has 0 aliphatic carbocycles. The molecule has 0 bridgehead atoms. The number of aromatic nitrogens is 2. The van der Waals surface area contributed by atoms with Crippen molar-refractivity contribution in [3.63, 3.8) is 0 Å². The average molecular weight is 1540 g/mol.